The fourth-order valence-corrected chi connectivity index (χ4v) is 2.41. The highest BCUT2D eigenvalue weighted by Gasteiger charge is 2.23. The van der Waals surface area contributed by atoms with Gasteiger partial charge in [-0.1, -0.05) is 24.3 Å². The Bertz CT molecular complexity index is 754. The highest BCUT2D eigenvalue weighted by molar-refractivity contribution is 6.03. The van der Waals surface area contributed by atoms with E-state index in [1.54, 1.807) is 32.4 Å². The number of anilines is 1. The van der Waals surface area contributed by atoms with Gasteiger partial charge in [-0.3, -0.25) is 9.63 Å². The molecule has 0 aromatic heterocycles. The standard InChI is InChI=1S/C18H17NO4/c1-21-16-9-7-13(11-17(16)22-2)8-10-18(20)19-15-6-4-3-5-14(15)12-23-19/h3-11H,12H2,1-2H3. The zero-order valence-corrected chi connectivity index (χ0v) is 13.0. The minimum atomic E-state index is -0.232. The van der Waals surface area contributed by atoms with Gasteiger partial charge in [0.1, 0.15) is 6.61 Å². The Labute approximate surface area is 134 Å². The molecule has 118 valence electrons. The Morgan fingerprint density at radius 1 is 1.13 bits per heavy atom. The monoisotopic (exact) mass is 311 g/mol. The number of hydroxylamine groups is 1. The molecule has 1 heterocycles. The van der Waals surface area contributed by atoms with Crippen molar-refractivity contribution in [2.24, 2.45) is 0 Å². The molecular weight excluding hydrogens is 294 g/mol. The third kappa shape index (κ3) is 3.05. The van der Waals surface area contributed by atoms with Crippen LogP contribution >= 0.6 is 0 Å². The van der Waals surface area contributed by atoms with Crippen LogP contribution in [-0.4, -0.2) is 20.1 Å². The molecule has 23 heavy (non-hydrogen) atoms. The largest absolute Gasteiger partial charge is 0.493 e. The average Bonchev–Trinajstić information content (AvgIpc) is 3.03. The Hall–Kier alpha value is -2.79. The van der Waals surface area contributed by atoms with Crippen LogP contribution in [0.4, 0.5) is 5.69 Å². The Morgan fingerprint density at radius 3 is 2.70 bits per heavy atom. The zero-order valence-electron chi connectivity index (χ0n) is 13.0. The highest BCUT2D eigenvalue weighted by atomic mass is 16.7. The Balaban J connectivity index is 1.77. The number of benzene rings is 2. The molecule has 1 amide bonds. The number of methoxy groups -OCH3 is 2. The molecule has 0 aliphatic carbocycles. The lowest BCUT2D eigenvalue weighted by atomic mass is 10.1. The average molecular weight is 311 g/mol. The molecule has 5 heteroatoms. The van der Waals surface area contributed by atoms with Crippen molar-refractivity contribution in [1.82, 2.24) is 0 Å². The molecule has 0 fully saturated rings. The molecule has 1 aliphatic heterocycles. The topological polar surface area (TPSA) is 48.0 Å². The molecule has 1 aliphatic rings. The molecule has 0 radical (unpaired) electrons. The minimum Gasteiger partial charge on any atom is -0.493 e. The van der Waals surface area contributed by atoms with Gasteiger partial charge in [0.15, 0.2) is 11.5 Å². The second kappa shape index (κ2) is 6.54. The van der Waals surface area contributed by atoms with E-state index in [-0.39, 0.29) is 5.91 Å². The minimum absolute atomic E-state index is 0.232. The van der Waals surface area contributed by atoms with Crippen LogP contribution in [0.2, 0.25) is 0 Å². The molecule has 3 rings (SSSR count). The van der Waals surface area contributed by atoms with Gasteiger partial charge in [0.2, 0.25) is 0 Å². The van der Waals surface area contributed by atoms with Crippen molar-refractivity contribution < 1.29 is 19.1 Å². The van der Waals surface area contributed by atoms with E-state index in [1.807, 2.05) is 30.3 Å². The molecular formula is C18H17NO4. The number of nitrogens with zero attached hydrogens (tertiary/aromatic N) is 1. The smallest absolute Gasteiger partial charge is 0.274 e. The molecule has 0 N–H and O–H groups in total. The SMILES string of the molecule is COc1ccc(C=CC(=O)N2OCc3ccccc32)cc1OC. The predicted octanol–water partition coefficient (Wildman–Crippen LogP) is 3.20. The summed E-state index contributed by atoms with van der Waals surface area (Å²) in [6, 6.07) is 13.1. The summed E-state index contributed by atoms with van der Waals surface area (Å²) in [7, 11) is 3.16. The first-order valence-electron chi connectivity index (χ1n) is 7.18. The summed E-state index contributed by atoms with van der Waals surface area (Å²) in [6.45, 7) is 0.409. The van der Waals surface area contributed by atoms with E-state index in [0.717, 1.165) is 16.8 Å². The van der Waals surface area contributed by atoms with Crippen LogP contribution in [0.15, 0.2) is 48.5 Å². The first-order valence-corrected chi connectivity index (χ1v) is 7.18. The number of hydrogen-bond acceptors (Lipinski definition) is 4. The molecule has 2 aromatic carbocycles. The van der Waals surface area contributed by atoms with E-state index in [9.17, 15) is 4.79 Å². The summed E-state index contributed by atoms with van der Waals surface area (Å²) in [4.78, 5) is 17.8. The molecule has 5 nitrogen and oxygen atoms in total. The van der Waals surface area contributed by atoms with Crippen LogP contribution < -0.4 is 14.5 Å². The van der Waals surface area contributed by atoms with Crippen molar-refractivity contribution in [2.75, 3.05) is 19.3 Å². The number of carbonyl (C=O) groups is 1. The third-order valence-electron chi connectivity index (χ3n) is 3.59. The van der Waals surface area contributed by atoms with Crippen LogP contribution in [0.3, 0.4) is 0 Å². The van der Waals surface area contributed by atoms with Crippen molar-refractivity contribution in [3.8, 4) is 11.5 Å². The second-order valence-corrected chi connectivity index (χ2v) is 4.98. The van der Waals surface area contributed by atoms with Crippen LogP contribution in [0.1, 0.15) is 11.1 Å². The summed E-state index contributed by atoms with van der Waals surface area (Å²) in [6.07, 6.45) is 3.19. The Kier molecular flexibility index (Phi) is 4.30. The van der Waals surface area contributed by atoms with Gasteiger partial charge in [-0.05, 0) is 29.8 Å². The zero-order chi connectivity index (χ0) is 16.2. The molecule has 0 saturated heterocycles. The van der Waals surface area contributed by atoms with Gasteiger partial charge in [-0.15, -0.1) is 0 Å². The van der Waals surface area contributed by atoms with Crippen LogP contribution in [0, 0.1) is 0 Å². The molecule has 0 saturated carbocycles. The van der Waals surface area contributed by atoms with Gasteiger partial charge in [0.25, 0.3) is 5.91 Å². The maximum Gasteiger partial charge on any atom is 0.274 e. The van der Waals surface area contributed by atoms with Crippen molar-refractivity contribution in [2.45, 2.75) is 6.61 Å². The molecule has 0 bridgehead atoms. The number of para-hydroxylation sites is 1. The number of hydrogen-bond donors (Lipinski definition) is 0. The van der Waals surface area contributed by atoms with E-state index in [1.165, 1.54) is 11.1 Å². The summed E-state index contributed by atoms with van der Waals surface area (Å²) in [5, 5.41) is 1.31. The van der Waals surface area contributed by atoms with Gasteiger partial charge < -0.3 is 9.47 Å². The number of rotatable bonds is 4. The lowest BCUT2D eigenvalue weighted by Gasteiger charge is -2.12. The van der Waals surface area contributed by atoms with E-state index in [0.29, 0.717) is 18.1 Å². The van der Waals surface area contributed by atoms with E-state index < -0.39 is 0 Å². The maximum atomic E-state index is 12.3. The van der Waals surface area contributed by atoms with Gasteiger partial charge in [0, 0.05) is 11.6 Å². The fraction of sp³-hybridized carbons (Fsp3) is 0.167. The summed E-state index contributed by atoms with van der Waals surface area (Å²) < 4.78 is 10.4. The first kappa shape index (κ1) is 15.1. The van der Waals surface area contributed by atoms with Crippen molar-refractivity contribution in [1.29, 1.82) is 0 Å². The summed E-state index contributed by atoms with van der Waals surface area (Å²) in [5.41, 5.74) is 2.62. The van der Waals surface area contributed by atoms with Gasteiger partial charge in [-0.25, -0.2) is 0 Å². The van der Waals surface area contributed by atoms with Gasteiger partial charge >= 0.3 is 0 Å². The van der Waals surface area contributed by atoms with E-state index in [2.05, 4.69) is 0 Å². The van der Waals surface area contributed by atoms with Crippen LogP contribution in [0.5, 0.6) is 11.5 Å². The molecule has 0 atom stereocenters. The lowest BCUT2D eigenvalue weighted by molar-refractivity contribution is -0.120. The third-order valence-corrected chi connectivity index (χ3v) is 3.59. The van der Waals surface area contributed by atoms with Gasteiger partial charge in [0.05, 0.1) is 19.9 Å². The van der Waals surface area contributed by atoms with Crippen LogP contribution in [0.25, 0.3) is 6.08 Å². The number of ether oxygens (including phenoxy) is 2. The Morgan fingerprint density at radius 2 is 1.91 bits per heavy atom. The highest BCUT2D eigenvalue weighted by Crippen LogP contribution is 2.30. The quantitative estimate of drug-likeness (QED) is 0.814. The number of fused-ring (bicyclic) bond motifs is 1. The number of carbonyl (C=O) groups excluding carboxylic acids is 1. The number of amides is 1. The first-order chi connectivity index (χ1) is 11.2. The summed E-state index contributed by atoms with van der Waals surface area (Å²) >= 11 is 0. The fourth-order valence-electron chi connectivity index (χ4n) is 2.41. The van der Waals surface area contributed by atoms with Crippen molar-refractivity contribution in [3.63, 3.8) is 0 Å². The van der Waals surface area contributed by atoms with Crippen LogP contribution in [-0.2, 0) is 16.2 Å². The van der Waals surface area contributed by atoms with Crippen molar-refractivity contribution in [3.05, 3.63) is 59.7 Å². The van der Waals surface area contributed by atoms with E-state index in [4.69, 9.17) is 14.3 Å². The summed E-state index contributed by atoms with van der Waals surface area (Å²) in [5.74, 6) is 1.03. The maximum absolute atomic E-state index is 12.3. The molecule has 0 unspecified atom stereocenters. The van der Waals surface area contributed by atoms with Crippen molar-refractivity contribution >= 4 is 17.7 Å². The van der Waals surface area contributed by atoms with E-state index >= 15 is 0 Å². The molecule has 0 spiro atoms. The lowest BCUT2D eigenvalue weighted by Crippen LogP contribution is -2.24. The molecule has 2 aromatic rings. The predicted molar refractivity (Wildman–Crippen MR) is 87.3 cm³/mol. The second-order valence-electron chi connectivity index (χ2n) is 4.98. The van der Waals surface area contributed by atoms with Gasteiger partial charge in [-0.2, -0.15) is 5.06 Å². The normalized spacial score (nSPS) is 13.2.